The molecule has 3 aromatic carbocycles. The maximum atomic E-state index is 13.9. The number of halogens is 1. The number of methoxy groups -OCH3 is 1. The fraction of sp³-hybridized carbons (Fsp3) is 0.281. The Labute approximate surface area is 247 Å². The molecule has 1 amide bonds. The quantitative estimate of drug-likeness (QED) is 0.268. The minimum Gasteiger partial charge on any atom is -0.497 e. The number of benzene rings is 3. The zero-order valence-corrected chi connectivity index (χ0v) is 25.5. The molecule has 1 aliphatic rings. The Bertz CT molecular complexity index is 1700. The molecule has 7 nitrogen and oxygen atoms in total. The monoisotopic (exact) mass is 591 g/mol. The van der Waals surface area contributed by atoms with Crippen molar-refractivity contribution in [2.24, 2.45) is 0 Å². The fourth-order valence-corrected chi connectivity index (χ4v) is 7.80. The highest BCUT2D eigenvalue weighted by molar-refractivity contribution is 7.89. The van der Waals surface area contributed by atoms with Gasteiger partial charge in [0.25, 0.3) is 5.91 Å². The number of rotatable bonds is 6. The van der Waals surface area contributed by atoms with Crippen LogP contribution in [0.15, 0.2) is 71.6 Å². The van der Waals surface area contributed by atoms with Crippen molar-refractivity contribution in [3.05, 3.63) is 99.7 Å². The van der Waals surface area contributed by atoms with Gasteiger partial charge in [-0.15, -0.1) is 0 Å². The molecule has 0 N–H and O–H groups in total. The van der Waals surface area contributed by atoms with Crippen LogP contribution in [0.2, 0.25) is 5.02 Å². The summed E-state index contributed by atoms with van der Waals surface area (Å²) in [6, 6.07) is 20.9. The lowest BCUT2D eigenvalue weighted by Crippen LogP contribution is -2.50. The molecule has 2 heterocycles. The van der Waals surface area contributed by atoms with Crippen molar-refractivity contribution in [2.75, 3.05) is 33.3 Å². The summed E-state index contributed by atoms with van der Waals surface area (Å²) in [7, 11) is -2.06. The van der Waals surface area contributed by atoms with Crippen molar-refractivity contribution in [1.82, 2.24) is 13.8 Å². The number of nitrogens with zero attached hydrogens (tertiary/aromatic N) is 3. The first-order valence-electron chi connectivity index (χ1n) is 13.5. The van der Waals surface area contributed by atoms with Crippen molar-refractivity contribution >= 4 is 27.5 Å². The van der Waals surface area contributed by atoms with Crippen LogP contribution in [-0.4, -0.2) is 61.4 Å². The largest absolute Gasteiger partial charge is 0.497 e. The molecular formula is C32H34ClN3O4S. The Morgan fingerprint density at radius 3 is 2.05 bits per heavy atom. The molecule has 9 heteroatoms. The van der Waals surface area contributed by atoms with E-state index in [1.807, 2.05) is 99.0 Å². The van der Waals surface area contributed by atoms with Crippen LogP contribution in [0.1, 0.15) is 32.7 Å². The summed E-state index contributed by atoms with van der Waals surface area (Å²) in [5.74, 6) is 0.601. The zero-order valence-electron chi connectivity index (χ0n) is 23.9. The number of para-hydroxylation sites is 1. The van der Waals surface area contributed by atoms with Crippen LogP contribution < -0.4 is 4.74 Å². The Morgan fingerprint density at radius 2 is 1.46 bits per heavy atom. The molecule has 0 bridgehead atoms. The fourth-order valence-electron chi connectivity index (χ4n) is 5.75. The Hall–Kier alpha value is -3.59. The molecule has 0 aliphatic carbocycles. The molecule has 1 saturated heterocycles. The predicted molar refractivity (Wildman–Crippen MR) is 163 cm³/mol. The van der Waals surface area contributed by atoms with Crippen LogP contribution in [0, 0.1) is 27.7 Å². The van der Waals surface area contributed by atoms with Crippen molar-refractivity contribution in [3.8, 4) is 22.7 Å². The number of hydrogen-bond acceptors (Lipinski definition) is 4. The lowest BCUT2D eigenvalue weighted by molar-refractivity contribution is 0.0697. The van der Waals surface area contributed by atoms with Gasteiger partial charge in [0.1, 0.15) is 5.75 Å². The van der Waals surface area contributed by atoms with E-state index in [2.05, 4.69) is 0 Å². The molecule has 214 valence electrons. The molecule has 5 rings (SSSR count). The van der Waals surface area contributed by atoms with E-state index in [1.54, 1.807) is 12.0 Å². The first-order chi connectivity index (χ1) is 19.5. The summed E-state index contributed by atoms with van der Waals surface area (Å²) in [6.07, 6.45) is 0. The van der Waals surface area contributed by atoms with E-state index >= 15 is 0 Å². The second-order valence-electron chi connectivity index (χ2n) is 10.5. The number of hydrogen-bond donors (Lipinski definition) is 0. The second-order valence-corrected chi connectivity index (χ2v) is 12.8. The summed E-state index contributed by atoms with van der Waals surface area (Å²) >= 11 is 6.62. The molecule has 0 radical (unpaired) electrons. The van der Waals surface area contributed by atoms with Crippen LogP contribution in [0.4, 0.5) is 0 Å². The van der Waals surface area contributed by atoms with Gasteiger partial charge in [-0.1, -0.05) is 41.4 Å². The van der Waals surface area contributed by atoms with Gasteiger partial charge in [-0.3, -0.25) is 4.79 Å². The van der Waals surface area contributed by atoms with Gasteiger partial charge in [-0.2, -0.15) is 4.31 Å². The highest BCUT2D eigenvalue weighted by Gasteiger charge is 2.33. The maximum Gasteiger partial charge on any atom is 0.255 e. The van der Waals surface area contributed by atoms with Gasteiger partial charge >= 0.3 is 0 Å². The summed E-state index contributed by atoms with van der Waals surface area (Å²) in [6.45, 7) is 8.61. The third kappa shape index (κ3) is 5.39. The first kappa shape index (κ1) is 28.9. The molecule has 0 saturated carbocycles. The van der Waals surface area contributed by atoms with E-state index in [9.17, 15) is 13.2 Å². The lowest BCUT2D eigenvalue weighted by atomic mass is 10.1. The highest BCUT2D eigenvalue weighted by Crippen LogP contribution is 2.34. The van der Waals surface area contributed by atoms with Gasteiger partial charge in [0.05, 0.1) is 34.0 Å². The smallest absolute Gasteiger partial charge is 0.255 e. The molecule has 1 fully saturated rings. The van der Waals surface area contributed by atoms with Crippen molar-refractivity contribution < 1.29 is 17.9 Å². The number of aryl methyl sites for hydroxylation is 3. The number of carbonyl (C=O) groups is 1. The number of amides is 1. The van der Waals surface area contributed by atoms with Gasteiger partial charge < -0.3 is 14.2 Å². The van der Waals surface area contributed by atoms with Crippen molar-refractivity contribution in [2.45, 2.75) is 32.6 Å². The molecule has 0 spiro atoms. The average Bonchev–Trinajstić information content (AvgIpc) is 3.29. The van der Waals surface area contributed by atoms with Gasteiger partial charge in [-0.25, -0.2) is 8.42 Å². The zero-order chi connectivity index (χ0) is 29.5. The lowest BCUT2D eigenvalue weighted by Gasteiger charge is -2.34. The topological polar surface area (TPSA) is 71.8 Å². The average molecular weight is 592 g/mol. The van der Waals surface area contributed by atoms with Crippen molar-refractivity contribution in [1.29, 1.82) is 0 Å². The Morgan fingerprint density at radius 1 is 0.854 bits per heavy atom. The maximum absolute atomic E-state index is 13.9. The van der Waals surface area contributed by atoms with Crippen LogP contribution in [0.5, 0.6) is 5.75 Å². The van der Waals surface area contributed by atoms with E-state index in [-0.39, 0.29) is 19.0 Å². The third-order valence-electron chi connectivity index (χ3n) is 7.69. The summed E-state index contributed by atoms with van der Waals surface area (Å²) in [4.78, 5) is 16.0. The summed E-state index contributed by atoms with van der Waals surface area (Å²) in [5.41, 5.74) is 6.33. The molecule has 1 aromatic heterocycles. The standard InChI is InChI=1S/C32H34ClN3O4S/c1-21-18-22(2)31(23(3)19-21)41(38,39)35-16-14-34(15-17-35)32(37)27-20-30(25-10-12-26(40-5)13-11-25)36(24(27)4)29-9-7-6-8-28(29)33/h6-13,18-20H,14-17H2,1-5H3. The number of piperazine rings is 1. The second kappa shape index (κ2) is 11.4. The van der Waals surface area contributed by atoms with E-state index in [0.29, 0.717) is 28.6 Å². The Balaban J connectivity index is 1.45. The van der Waals surface area contributed by atoms with Crippen LogP contribution in [0.3, 0.4) is 0 Å². The normalized spacial score (nSPS) is 14.3. The molecule has 0 atom stereocenters. The van der Waals surface area contributed by atoms with E-state index in [4.69, 9.17) is 16.3 Å². The molecule has 0 unspecified atom stereocenters. The van der Waals surface area contributed by atoms with Crippen LogP contribution in [-0.2, 0) is 10.0 Å². The number of carbonyl (C=O) groups excluding carboxylic acids is 1. The van der Waals surface area contributed by atoms with Gasteiger partial charge in [0.2, 0.25) is 10.0 Å². The molecular weight excluding hydrogens is 558 g/mol. The summed E-state index contributed by atoms with van der Waals surface area (Å²) < 4.78 is 36.0. The van der Waals surface area contributed by atoms with Crippen LogP contribution in [0.25, 0.3) is 16.9 Å². The molecule has 41 heavy (non-hydrogen) atoms. The molecule has 4 aromatic rings. The molecule has 1 aliphatic heterocycles. The van der Waals surface area contributed by atoms with Crippen molar-refractivity contribution in [3.63, 3.8) is 0 Å². The first-order valence-corrected chi connectivity index (χ1v) is 15.3. The van der Waals surface area contributed by atoms with Gasteiger partial charge in [0, 0.05) is 31.9 Å². The van der Waals surface area contributed by atoms with E-state index in [1.165, 1.54) is 4.31 Å². The van der Waals surface area contributed by atoms with E-state index in [0.717, 1.165) is 45.1 Å². The minimum atomic E-state index is -3.68. The minimum absolute atomic E-state index is 0.136. The number of ether oxygens (including phenoxy) is 1. The highest BCUT2D eigenvalue weighted by atomic mass is 35.5. The van der Waals surface area contributed by atoms with Gasteiger partial charge in [-0.05, 0) is 86.8 Å². The Kier molecular flexibility index (Phi) is 8.01. The SMILES string of the molecule is COc1ccc(-c2cc(C(=O)N3CCN(S(=O)(=O)c4c(C)cc(C)cc4C)CC3)c(C)n2-c2ccccc2Cl)cc1. The van der Waals surface area contributed by atoms with Gasteiger partial charge in [0.15, 0.2) is 0 Å². The third-order valence-corrected chi connectivity index (χ3v) is 10.2. The van der Waals surface area contributed by atoms with Crippen LogP contribution >= 0.6 is 11.6 Å². The predicted octanol–water partition coefficient (Wildman–Crippen LogP) is 6.19. The number of sulfonamides is 1. The summed E-state index contributed by atoms with van der Waals surface area (Å²) in [5, 5.41) is 0.570. The van der Waals surface area contributed by atoms with E-state index < -0.39 is 10.0 Å². The number of aromatic nitrogens is 1.